The largest absolute Gasteiger partial charge is 0.396 e. The van der Waals surface area contributed by atoms with E-state index in [1.54, 1.807) is 0 Å². The van der Waals surface area contributed by atoms with Gasteiger partial charge in [0, 0.05) is 31.0 Å². The fourth-order valence-corrected chi connectivity index (χ4v) is 4.91. The molecule has 0 unspecified atom stereocenters. The normalized spacial score (nSPS) is 26.3. The monoisotopic (exact) mass is 372 g/mol. The van der Waals surface area contributed by atoms with Gasteiger partial charge in [-0.25, -0.2) is 0 Å². The van der Waals surface area contributed by atoms with Crippen LogP contribution in [0.15, 0.2) is 24.3 Å². The molecule has 0 aromatic heterocycles. The minimum atomic E-state index is 0.00193. The van der Waals surface area contributed by atoms with Gasteiger partial charge >= 0.3 is 0 Å². The molecule has 1 amide bonds. The standard InChI is InChI=1S/C23H36N2O2/c1-18(2)20-10-8-19(9-11-20)6-4-7-22(27)25-15-13-23(17-26)12-5-14-24(3)21(23)16-25/h8-11,18,21,26H,4-7,12-17H2,1-3H3/t21-,23-/m1/s1. The number of piperidine rings is 2. The van der Waals surface area contributed by atoms with Gasteiger partial charge in [0.1, 0.15) is 0 Å². The molecule has 2 heterocycles. The molecule has 0 aliphatic carbocycles. The molecule has 4 nitrogen and oxygen atoms in total. The highest BCUT2D eigenvalue weighted by atomic mass is 16.3. The van der Waals surface area contributed by atoms with Crippen LogP contribution in [0.5, 0.6) is 0 Å². The SMILES string of the molecule is CC(C)c1ccc(CCCC(=O)N2CC[C@@]3(CO)CCCN(C)[C@@H]3C2)cc1. The summed E-state index contributed by atoms with van der Waals surface area (Å²) >= 11 is 0. The lowest BCUT2D eigenvalue weighted by atomic mass is 9.69. The van der Waals surface area contributed by atoms with Gasteiger partial charge in [-0.15, -0.1) is 0 Å². The molecule has 1 N–H and O–H groups in total. The number of likely N-dealkylation sites (N-methyl/N-ethyl adjacent to an activating group) is 1. The van der Waals surface area contributed by atoms with Crippen molar-refractivity contribution >= 4 is 5.91 Å². The van der Waals surface area contributed by atoms with Gasteiger partial charge in [-0.2, -0.15) is 0 Å². The number of hydrogen-bond acceptors (Lipinski definition) is 3. The smallest absolute Gasteiger partial charge is 0.222 e. The topological polar surface area (TPSA) is 43.8 Å². The lowest BCUT2D eigenvalue weighted by Gasteiger charge is -2.53. The maximum absolute atomic E-state index is 12.8. The van der Waals surface area contributed by atoms with Crippen LogP contribution in [0.2, 0.25) is 0 Å². The van der Waals surface area contributed by atoms with Crippen LogP contribution in [-0.4, -0.2) is 60.1 Å². The number of aryl methyl sites for hydroxylation is 1. The summed E-state index contributed by atoms with van der Waals surface area (Å²) in [5, 5.41) is 10.0. The Morgan fingerprint density at radius 3 is 2.63 bits per heavy atom. The molecule has 0 saturated carbocycles. The average Bonchev–Trinajstić information content (AvgIpc) is 2.68. The molecule has 3 rings (SSSR count). The van der Waals surface area contributed by atoms with Gasteiger partial charge in [-0.05, 0) is 62.7 Å². The number of carbonyl (C=O) groups excluding carboxylic acids is 1. The third kappa shape index (κ3) is 4.55. The minimum absolute atomic E-state index is 0.00193. The summed E-state index contributed by atoms with van der Waals surface area (Å²) in [5.74, 6) is 0.836. The lowest BCUT2D eigenvalue weighted by molar-refractivity contribution is -0.139. The van der Waals surface area contributed by atoms with Crippen molar-refractivity contribution in [2.45, 2.75) is 64.3 Å². The molecule has 4 heteroatoms. The summed E-state index contributed by atoms with van der Waals surface area (Å²) in [4.78, 5) is 17.2. The summed E-state index contributed by atoms with van der Waals surface area (Å²) in [5.41, 5.74) is 2.69. The molecule has 2 saturated heterocycles. The second-order valence-corrected chi connectivity index (χ2v) is 8.96. The number of carbonyl (C=O) groups is 1. The maximum Gasteiger partial charge on any atom is 0.222 e. The Morgan fingerprint density at radius 1 is 1.22 bits per heavy atom. The van der Waals surface area contributed by atoms with Crippen LogP contribution in [0.25, 0.3) is 0 Å². The lowest BCUT2D eigenvalue weighted by Crippen LogP contribution is -2.62. The zero-order valence-electron chi connectivity index (χ0n) is 17.3. The number of amides is 1. The van der Waals surface area contributed by atoms with Crippen molar-refractivity contribution in [1.29, 1.82) is 0 Å². The highest BCUT2D eigenvalue weighted by molar-refractivity contribution is 5.76. The number of fused-ring (bicyclic) bond motifs is 1. The van der Waals surface area contributed by atoms with Gasteiger partial charge in [-0.3, -0.25) is 4.79 Å². The van der Waals surface area contributed by atoms with Crippen molar-refractivity contribution in [2.24, 2.45) is 5.41 Å². The Labute approximate surface area is 164 Å². The molecule has 0 bridgehead atoms. The first kappa shape index (κ1) is 20.3. The molecular formula is C23H36N2O2. The van der Waals surface area contributed by atoms with E-state index in [4.69, 9.17) is 0 Å². The van der Waals surface area contributed by atoms with E-state index >= 15 is 0 Å². The first-order valence-corrected chi connectivity index (χ1v) is 10.6. The van der Waals surface area contributed by atoms with Gasteiger partial charge in [0.05, 0.1) is 6.61 Å². The van der Waals surface area contributed by atoms with Crippen molar-refractivity contribution in [1.82, 2.24) is 9.80 Å². The highest BCUT2D eigenvalue weighted by Gasteiger charge is 2.47. The van der Waals surface area contributed by atoms with Gasteiger partial charge in [0.2, 0.25) is 5.91 Å². The predicted molar refractivity (Wildman–Crippen MR) is 110 cm³/mol. The van der Waals surface area contributed by atoms with Crippen LogP contribution in [0.1, 0.15) is 63.0 Å². The molecule has 27 heavy (non-hydrogen) atoms. The van der Waals surface area contributed by atoms with Crippen LogP contribution in [0.4, 0.5) is 0 Å². The van der Waals surface area contributed by atoms with Crippen LogP contribution in [0.3, 0.4) is 0 Å². The van der Waals surface area contributed by atoms with E-state index in [0.717, 1.165) is 51.7 Å². The third-order valence-corrected chi connectivity index (χ3v) is 6.87. The van der Waals surface area contributed by atoms with Crippen molar-refractivity contribution in [3.63, 3.8) is 0 Å². The highest BCUT2D eigenvalue weighted by Crippen LogP contribution is 2.41. The Morgan fingerprint density at radius 2 is 1.96 bits per heavy atom. The Bertz CT molecular complexity index is 628. The molecule has 1 aromatic carbocycles. The molecule has 2 aliphatic rings. The fourth-order valence-electron chi connectivity index (χ4n) is 4.91. The molecule has 2 fully saturated rings. The second-order valence-electron chi connectivity index (χ2n) is 8.96. The van der Waals surface area contributed by atoms with E-state index in [1.807, 2.05) is 4.90 Å². The van der Waals surface area contributed by atoms with Crippen molar-refractivity contribution in [2.75, 3.05) is 33.3 Å². The maximum atomic E-state index is 12.8. The van der Waals surface area contributed by atoms with Gasteiger partial charge in [0.25, 0.3) is 0 Å². The number of likely N-dealkylation sites (tertiary alicyclic amines) is 2. The van der Waals surface area contributed by atoms with Gasteiger partial charge in [0.15, 0.2) is 0 Å². The van der Waals surface area contributed by atoms with Crippen molar-refractivity contribution < 1.29 is 9.90 Å². The number of rotatable bonds is 6. The van der Waals surface area contributed by atoms with E-state index in [-0.39, 0.29) is 17.9 Å². The first-order valence-electron chi connectivity index (χ1n) is 10.6. The van der Waals surface area contributed by atoms with Crippen LogP contribution < -0.4 is 0 Å². The van der Waals surface area contributed by atoms with Crippen LogP contribution in [-0.2, 0) is 11.2 Å². The Balaban J connectivity index is 1.50. The van der Waals surface area contributed by atoms with Gasteiger partial charge in [-0.1, -0.05) is 38.1 Å². The zero-order chi connectivity index (χ0) is 19.4. The third-order valence-electron chi connectivity index (χ3n) is 6.87. The number of nitrogens with zero attached hydrogens (tertiary/aromatic N) is 2. The molecule has 0 radical (unpaired) electrons. The van der Waals surface area contributed by atoms with E-state index in [1.165, 1.54) is 11.1 Å². The number of hydrogen-bond donors (Lipinski definition) is 1. The molecule has 2 atom stereocenters. The van der Waals surface area contributed by atoms with E-state index in [2.05, 4.69) is 50.1 Å². The fraction of sp³-hybridized carbons (Fsp3) is 0.696. The summed E-state index contributed by atoms with van der Waals surface area (Å²) in [6, 6.07) is 9.12. The summed E-state index contributed by atoms with van der Waals surface area (Å²) in [6.45, 7) is 7.31. The molecule has 150 valence electrons. The quantitative estimate of drug-likeness (QED) is 0.832. The Kier molecular flexibility index (Phi) is 6.59. The van der Waals surface area contributed by atoms with Crippen LogP contribution in [0, 0.1) is 5.41 Å². The van der Waals surface area contributed by atoms with Crippen LogP contribution >= 0.6 is 0 Å². The summed E-state index contributed by atoms with van der Waals surface area (Å²) < 4.78 is 0. The van der Waals surface area contributed by atoms with E-state index < -0.39 is 0 Å². The summed E-state index contributed by atoms with van der Waals surface area (Å²) in [6.07, 6.45) is 5.66. The van der Waals surface area contributed by atoms with Crippen molar-refractivity contribution in [3.8, 4) is 0 Å². The first-order chi connectivity index (χ1) is 12.9. The number of benzene rings is 1. The molecule has 2 aliphatic heterocycles. The van der Waals surface area contributed by atoms with E-state index in [0.29, 0.717) is 18.4 Å². The second kappa shape index (κ2) is 8.74. The van der Waals surface area contributed by atoms with Gasteiger partial charge < -0.3 is 14.9 Å². The molecule has 1 aromatic rings. The zero-order valence-corrected chi connectivity index (χ0v) is 17.3. The van der Waals surface area contributed by atoms with E-state index in [9.17, 15) is 9.90 Å². The summed E-state index contributed by atoms with van der Waals surface area (Å²) in [7, 11) is 2.14. The minimum Gasteiger partial charge on any atom is -0.396 e. The molecule has 0 spiro atoms. The molecular weight excluding hydrogens is 336 g/mol. The number of aliphatic hydroxyl groups is 1. The predicted octanol–water partition coefficient (Wildman–Crippen LogP) is 3.44. The number of aliphatic hydroxyl groups excluding tert-OH is 1. The average molecular weight is 373 g/mol. The Hall–Kier alpha value is -1.39. The van der Waals surface area contributed by atoms with Crippen molar-refractivity contribution in [3.05, 3.63) is 35.4 Å².